The van der Waals surface area contributed by atoms with E-state index in [1.54, 1.807) is 45.0 Å². The fraction of sp³-hybridized carbons (Fsp3) is 0.292. The van der Waals surface area contributed by atoms with Crippen LogP contribution in [-0.4, -0.2) is 46.5 Å². The van der Waals surface area contributed by atoms with Crippen LogP contribution < -0.4 is 15.2 Å². The zero-order chi connectivity index (χ0) is 24.6. The van der Waals surface area contributed by atoms with Crippen molar-refractivity contribution in [3.05, 3.63) is 63.5 Å². The van der Waals surface area contributed by atoms with Crippen LogP contribution in [0.3, 0.4) is 0 Å². The number of esters is 1. The summed E-state index contributed by atoms with van der Waals surface area (Å²) in [4.78, 5) is 57.2. The molecule has 34 heavy (non-hydrogen) atoms. The summed E-state index contributed by atoms with van der Waals surface area (Å²) in [6, 6.07) is 4.80. The second kappa shape index (κ2) is 9.22. The molecule has 0 bridgehead atoms. The lowest BCUT2D eigenvalue weighted by molar-refractivity contribution is -0.121. The summed E-state index contributed by atoms with van der Waals surface area (Å²) in [5.74, 6) is -0.585. The van der Waals surface area contributed by atoms with Gasteiger partial charge in [-0.05, 0) is 44.5 Å². The van der Waals surface area contributed by atoms with Crippen molar-refractivity contribution in [1.82, 2.24) is 9.55 Å². The number of carbonyl (C=O) groups is 3. The molecule has 10 heteroatoms. The Kier molecular flexibility index (Phi) is 6.34. The number of aromatic nitrogens is 2. The Balaban J connectivity index is 1.65. The summed E-state index contributed by atoms with van der Waals surface area (Å²) in [6.07, 6.45) is 2.60. The second-order valence-corrected chi connectivity index (χ2v) is 9.05. The Morgan fingerprint density at radius 3 is 2.79 bits per heavy atom. The number of rotatable bonds is 7. The van der Waals surface area contributed by atoms with Crippen LogP contribution in [0, 0.1) is 6.92 Å². The first-order valence-corrected chi connectivity index (χ1v) is 11.4. The van der Waals surface area contributed by atoms with Gasteiger partial charge in [-0.25, -0.2) is 9.78 Å². The summed E-state index contributed by atoms with van der Waals surface area (Å²) < 4.78 is 11.9. The maximum atomic E-state index is 13.1. The van der Waals surface area contributed by atoms with E-state index in [1.165, 1.54) is 15.8 Å². The molecule has 176 valence electrons. The van der Waals surface area contributed by atoms with Crippen LogP contribution in [-0.2, 0) is 16.1 Å². The first-order chi connectivity index (χ1) is 16.2. The van der Waals surface area contributed by atoms with Crippen LogP contribution in [0.15, 0.2) is 42.0 Å². The number of fused-ring (bicyclic) bond motifs is 2. The molecular formula is C24H23N3O6S. The largest absolute Gasteiger partial charge is 0.482 e. The van der Waals surface area contributed by atoms with Crippen LogP contribution in [0.1, 0.15) is 39.4 Å². The Morgan fingerprint density at radius 2 is 2.09 bits per heavy atom. The van der Waals surface area contributed by atoms with Gasteiger partial charge in [0, 0.05) is 12.1 Å². The number of benzene rings is 1. The van der Waals surface area contributed by atoms with Crippen molar-refractivity contribution in [1.29, 1.82) is 0 Å². The predicted molar refractivity (Wildman–Crippen MR) is 128 cm³/mol. The molecule has 0 fully saturated rings. The Hall–Kier alpha value is -3.79. The van der Waals surface area contributed by atoms with E-state index in [9.17, 15) is 19.2 Å². The van der Waals surface area contributed by atoms with E-state index >= 15 is 0 Å². The number of ether oxygens (including phenoxy) is 2. The highest BCUT2D eigenvalue weighted by Crippen LogP contribution is 2.33. The van der Waals surface area contributed by atoms with Crippen molar-refractivity contribution in [2.45, 2.75) is 33.4 Å². The number of hydrogen-bond donors (Lipinski definition) is 0. The second-order valence-electron chi connectivity index (χ2n) is 8.06. The maximum absolute atomic E-state index is 13.1. The van der Waals surface area contributed by atoms with E-state index < -0.39 is 11.5 Å². The quantitative estimate of drug-likeness (QED) is 0.290. The maximum Gasteiger partial charge on any atom is 0.348 e. The van der Waals surface area contributed by atoms with Crippen molar-refractivity contribution in [3.63, 3.8) is 0 Å². The predicted octanol–water partition coefficient (Wildman–Crippen LogP) is 3.13. The van der Waals surface area contributed by atoms with Crippen LogP contribution in [0.5, 0.6) is 5.75 Å². The van der Waals surface area contributed by atoms with Gasteiger partial charge in [-0.3, -0.25) is 19.0 Å². The number of ketones is 1. The SMILES string of the molecule is C=CCN1C(=O)COc2ccc(C(=O)Cn3cnc4sc(C(=O)OC(C)C)c(C)c4c3=O)cc21. The van der Waals surface area contributed by atoms with Crippen LogP contribution in [0.4, 0.5) is 5.69 Å². The van der Waals surface area contributed by atoms with Crippen molar-refractivity contribution >= 4 is 44.9 Å². The molecule has 3 heterocycles. The van der Waals surface area contributed by atoms with Crippen LogP contribution in [0.2, 0.25) is 0 Å². The highest BCUT2D eigenvalue weighted by molar-refractivity contribution is 7.20. The van der Waals surface area contributed by atoms with Crippen molar-refractivity contribution in [2.75, 3.05) is 18.1 Å². The first-order valence-electron chi connectivity index (χ1n) is 10.6. The summed E-state index contributed by atoms with van der Waals surface area (Å²) in [7, 11) is 0. The van der Waals surface area contributed by atoms with Gasteiger partial charge in [-0.15, -0.1) is 17.9 Å². The van der Waals surface area contributed by atoms with Crippen LogP contribution >= 0.6 is 11.3 Å². The molecule has 0 unspecified atom stereocenters. The number of anilines is 1. The molecule has 3 aromatic rings. The Bertz CT molecular complexity index is 1390. The van der Waals surface area contributed by atoms with Crippen molar-refractivity contribution in [2.24, 2.45) is 0 Å². The molecule has 0 saturated carbocycles. The van der Waals surface area contributed by atoms with E-state index in [2.05, 4.69) is 11.6 Å². The smallest absolute Gasteiger partial charge is 0.348 e. The molecule has 1 aliphatic heterocycles. The van der Waals surface area contributed by atoms with Gasteiger partial charge < -0.3 is 14.4 Å². The van der Waals surface area contributed by atoms with Gasteiger partial charge in [0.15, 0.2) is 12.4 Å². The van der Waals surface area contributed by atoms with E-state index in [0.29, 0.717) is 32.3 Å². The Labute approximate surface area is 199 Å². The number of nitrogens with zero attached hydrogens (tertiary/aromatic N) is 3. The average Bonchev–Trinajstić information content (AvgIpc) is 3.14. The summed E-state index contributed by atoms with van der Waals surface area (Å²) >= 11 is 1.09. The lowest BCUT2D eigenvalue weighted by atomic mass is 10.1. The van der Waals surface area contributed by atoms with Gasteiger partial charge in [-0.1, -0.05) is 6.08 Å². The fourth-order valence-corrected chi connectivity index (χ4v) is 4.71. The molecule has 1 aromatic carbocycles. The zero-order valence-corrected chi connectivity index (χ0v) is 19.8. The van der Waals surface area contributed by atoms with Gasteiger partial charge in [-0.2, -0.15) is 0 Å². The number of amides is 1. The van der Waals surface area contributed by atoms with Crippen LogP contribution in [0.25, 0.3) is 10.2 Å². The normalized spacial score (nSPS) is 13.1. The van der Waals surface area contributed by atoms with E-state index in [0.717, 1.165) is 11.3 Å². The third-order valence-corrected chi connectivity index (χ3v) is 6.47. The molecule has 0 spiro atoms. The molecule has 1 aliphatic rings. The summed E-state index contributed by atoms with van der Waals surface area (Å²) in [5, 5.41) is 0.289. The minimum Gasteiger partial charge on any atom is -0.482 e. The molecule has 9 nitrogen and oxygen atoms in total. The number of hydrogen-bond acceptors (Lipinski definition) is 8. The minimum atomic E-state index is -0.507. The van der Waals surface area contributed by atoms with Gasteiger partial charge in [0.2, 0.25) is 0 Å². The molecule has 0 atom stereocenters. The first kappa shape index (κ1) is 23.4. The number of thiophene rings is 1. The third kappa shape index (κ3) is 4.24. The van der Waals surface area contributed by atoms with Gasteiger partial charge in [0.1, 0.15) is 15.5 Å². The monoisotopic (exact) mass is 481 g/mol. The number of carbonyl (C=O) groups excluding carboxylic acids is 3. The highest BCUT2D eigenvalue weighted by Gasteiger charge is 2.26. The fourth-order valence-electron chi connectivity index (χ4n) is 3.68. The van der Waals surface area contributed by atoms with Gasteiger partial charge in [0.05, 0.1) is 30.0 Å². The van der Waals surface area contributed by atoms with E-state index in [-0.39, 0.29) is 42.9 Å². The van der Waals surface area contributed by atoms with Crippen molar-refractivity contribution in [3.8, 4) is 5.75 Å². The molecule has 0 aliphatic carbocycles. The molecule has 0 saturated heterocycles. The van der Waals surface area contributed by atoms with E-state index in [1.807, 2.05) is 0 Å². The zero-order valence-electron chi connectivity index (χ0n) is 19.0. The molecule has 2 aromatic heterocycles. The van der Waals surface area contributed by atoms with Gasteiger partial charge >= 0.3 is 5.97 Å². The minimum absolute atomic E-state index is 0.0814. The average molecular weight is 482 g/mol. The lowest BCUT2D eigenvalue weighted by Crippen LogP contribution is -2.39. The van der Waals surface area contributed by atoms with E-state index in [4.69, 9.17) is 9.47 Å². The summed E-state index contributed by atoms with van der Waals surface area (Å²) in [5.41, 5.74) is 0.862. The highest BCUT2D eigenvalue weighted by atomic mass is 32.1. The van der Waals surface area contributed by atoms with Gasteiger partial charge in [0.25, 0.3) is 11.5 Å². The molecule has 1 amide bonds. The topological polar surface area (TPSA) is 108 Å². The third-order valence-electron chi connectivity index (χ3n) is 5.29. The molecule has 4 rings (SSSR count). The molecular weight excluding hydrogens is 458 g/mol. The molecule has 0 N–H and O–H groups in total. The lowest BCUT2D eigenvalue weighted by Gasteiger charge is -2.28. The summed E-state index contributed by atoms with van der Waals surface area (Å²) in [6.45, 7) is 8.78. The number of aryl methyl sites for hydroxylation is 1. The van der Waals surface area contributed by atoms with Crippen molar-refractivity contribution < 1.29 is 23.9 Å². The number of Topliss-reactive ketones (excluding diaryl/α,β-unsaturated/α-hetero) is 1. The molecule has 0 radical (unpaired) electrons. The standard InChI is InChI=1S/C24H23N3O6S/c1-5-8-27-16-9-15(6-7-18(16)32-11-19(27)29)17(28)10-26-12-25-22-20(23(26)30)14(4)21(34-22)24(31)33-13(2)3/h5-7,9,12-13H,1,8,10-11H2,2-4H3. The Morgan fingerprint density at radius 1 is 1.32 bits per heavy atom.